The second kappa shape index (κ2) is 6.44. The van der Waals surface area contributed by atoms with Gasteiger partial charge in [-0.3, -0.25) is 4.79 Å². The zero-order valence-corrected chi connectivity index (χ0v) is 14.9. The summed E-state index contributed by atoms with van der Waals surface area (Å²) < 4.78 is 38.1. The fourth-order valence-electron chi connectivity index (χ4n) is 3.71. The van der Waals surface area contributed by atoms with Crippen molar-refractivity contribution in [3.63, 3.8) is 0 Å². The van der Waals surface area contributed by atoms with Crippen LogP contribution in [0.4, 0.5) is 13.2 Å². The highest BCUT2D eigenvalue weighted by molar-refractivity contribution is 5.94. The van der Waals surface area contributed by atoms with Crippen LogP contribution in [0.5, 0.6) is 0 Å². The van der Waals surface area contributed by atoms with Crippen LogP contribution in [-0.2, 0) is 19.0 Å². The lowest BCUT2D eigenvalue weighted by atomic mass is 10.1. The standard InChI is InChI=1S/C21H19F3N2O/c1-13-2-7-18-17(12-13)16-8-10-26(11-9-19(16)25-18)20(27)14-3-5-15(6-4-14)21(22,23)24/h2-7,12,25H,8-11H2,1H3. The second-order valence-corrected chi connectivity index (χ2v) is 7.00. The van der Waals surface area contributed by atoms with Crippen molar-refractivity contribution in [1.29, 1.82) is 0 Å². The molecule has 0 aliphatic carbocycles. The lowest BCUT2D eigenvalue weighted by molar-refractivity contribution is -0.137. The topological polar surface area (TPSA) is 36.1 Å². The number of nitrogens with one attached hydrogen (secondary N) is 1. The number of nitrogens with zero attached hydrogens (tertiary/aromatic N) is 1. The molecule has 2 aromatic carbocycles. The van der Waals surface area contributed by atoms with Gasteiger partial charge in [0, 0.05) is 41.7 Å². The zero-order chi connectivity index (χ0) is 19.2. The van der Waals surface area contributed by atoms with Crippen molar-refractivity contribution in [3.05, 3.63) is 70.4 Å². The maximum atomic E-state index is 12.7. The highest BCUT2D eigenvalue weighted by Gasteiger charge is 2.30. The van der Waals surface area contributed by atoms with E-state index < -0.39 is 11.7 Å². The average Bonchev–Trinajstić information content (AvgIpc) is 2.83. The van der Waals surface area contributed by atoms with Crippen LogP contribution in [0.1, 0.15) is 32.7 Å². The third-order valence-corrected chi connectivity index (χ3v) is 5.16. The second-order valence-electron chi connectivity index (χ2n) is 7.00. The lowest BCUT2D eigenvalue weighted by Gasteiger charge is -2.20. The van der Waals surface area contributed by atoms with E-state index in [1.165, 1.54) is 28.6 Å². The number of carbonyl (C=O) groups is 1. The Morgan fingerprint density at radius 3 is 2.44 bits per heavy atom. The van der Waals surface area contributed by atoms with Gasteiger partial charge in [0.2, 0.25) is 0 Å². The van der Waals surface area contributed by atoms with Gasteiger partial charge in [0.15, 0.2) is 0 Å². The molecular formula is C21H19F3N2O. The summed E-state index contributed by atoms with van der Waals surface area (Å²) in [5.41, 5.74) is 4.20. The van der Waals surface area contributed by atoms with E-state index in [4.69, 9.17) is 0 Å². The summed E-state index contributed by atoms with van der Waals surface area (Å²) in [6.07, 6.45) is -2.97. The molecule has 0 unspecified atom stereocenters. The third kappa shape index (κ3) is 3.31. The fourth-order valence-corrected chi connectivity index (χ4v) is 3.71. The Balaban J connectivity index is 1.54. The molecule has 27 heavy (non-hydrogen) atoms. The number of hydrogen-bond donors (Lipinski definition) is 1. The molecule has 140 valence electrons. The van der Waals surface area contributed by atoms with Crippen molar-refractivity contribution in [3.8, 4) is 0 Å². The quantitative estimate of drug-likeness (QED) is 0.658. The maximum Gasteiger partial charge on any atom is 0.416 e. The van der Waals surface area contributed by atoms with Gasteiger partial charge >= 0.3 is 6.18 Å². The van der Waals surface area contributed by atoms with Crippen molar-refractivity contribution >= 4 is 16.8 Å². The van der Waals surface area contributed by atoms with Crippen molar-refractivity contribution in [2.24, 2.45) is 0 Å². The van der Waals surface area contributed by atoms with E-state index in [2.05, 4.69) is 30.1 Å². The molecule has 1 aromatic heterocycles. The van der Waals surface area contributed by atoms with Gasteiger partial charge in [-0.15, -0.1) is 0 Å². The number of hydrogen-bond acceptors (Lipinski definition) is 1. The molecule has 1 aliphatic heterocycles. The summed E-state index contributed by atoms with van der Waals surface area (Å²) in [6, 6.07) is 10.7. The lowest BCUT2D eigenvalue weighted by Crippen LogP contribution is -2.33. The Hall–Kier alpha value is -2.76. The number of aromatic amines is 1. The minimum absolute atomic E-state index is 0.227. The molecule has 3 aromatic rings. The van der Waals surface area contributed by atoms with Gasteiger partial charge in [-0.2, -0.15) is 13.2 Å². The predicted molar refractivity (Wildman–Crippen MR) is 97.8 cm³/mol. The highest BCUT2D eigenvalue weighted by atomic mass is 19.4. The Labute approximate surface area is 154 Å². The fraction of sp³-hybridized carbons (Fsp3) is 0.286. The van der Waals surface area contributed by atoms with Gasteiger partial charge in [0.25, 0.3) is 5.91 Å². The molecule has 3 nitrogen and oxygen atoms in total. The molecule has 1 N–H and O–H groups in total. The summed E-state index contributed by atoms with van der Waals surface area (Å²) in [5, 5.41) is 1.19. The number of carbonyl (C=O) groups excluding carboxylic acids is 1. The van der Waals surface area contributed by atoms with Crippen molar-refractivity contribution in [2.45, 2.75) is 25.9 Å². The zero-order valence-electron chi connectivity index (χ0n) is 14.9. The maximum absolute atomic E-state index is 12.7. The number of aryl methyl sites for hydroxylation is 1. The van der Waals surface area contributed by atoms with Crippen LogP contribution in [0.3, 0.4) is 0 Å². The van der Waals surface area contributed by atoms with E-state index in [0.717, 1.165) is 29.8 Å². The number of alkyl halides is 3. The molecule has 1 aliphatic rings. The van der Waals surface area contributed by atoms with Crippen LogP contribution in [0, 0.1) is 6.92 Å². The Morgan fingerprint density at radius 2 is 1.74 bits per heavy atom. The third-order valence-electron chi connectivity index (χ3n) is 5.16. The first kappa shape index (κ1) is 17.6. The summed E-state index contributed by atoms with van der Waals surface area (Å²) in [6.45, 7) is 3.14. The number of aromatic nitrogens is 1. The Morgan fingerprint density at radius 1 is 1.04 bits per heavy atom. The van der Waals surface area contributed by atoms with Gasteiger partial charge in [0.05, 0.1) is 5.56 Å². The van der Waals surface area contributed by atoms with Crippen molar-refractivity contribution in [1.82, 2.24) is 9.88 Å². The van der Waals surface area contributed by atoms with E-state index in [0.29, 0.717) is 19.5 Å². The Kier molecular flexibility index (Phi) is 4.21. The molecule has 0 fully saturated rings. The smallest absolute Gasteiger partial charge is 0.358 e. The van der Waals surface area contributed by atoms with E-state index in [9.17, 15) is 18.0 Å². The minimum Gasteiger partial charge on any atom is -0.358 e. The number of rotatable bonds is 1. The largest absolute Gasteiger partial charge is 0.416 e. The van der Waals surface area contributed by atoms with Gasteiger partial charge in [0.1, 0.15) is 0 Å². The van der Waals surface area contributed by atoms with Crippen molar-refractivity contribution in [2.75, 3.05) is 13.1 Å². The van der Waals surface area contributed by atoms with E-state index in [1.807, 2.05) is 0 Å². The molecule has 0 atom stereocenters. The first-order valence-electron chi connectivity index (χ1n) is 8.89. The highest BCUT2D eigenvalue weighted by Crippen LogP contribution is 2.30. The molecule has 0 saturated heterocycles. The molecule has 0 spiro atoms. The van der Waals surface area contributed by atoms with Gasteiger partial charge in [-0.05, 0) is 55.3 Å². The predicted octanol–water partition coefficient (Wildman–Crippen LogP) is 4.74. The summed E-state index contributed by atoms with van der Waals surface area (Å²) in [5.74, 6) is -0.227. The molecule has 0 radical (unpaired) electrons. The summed E-state index contributed by atoms with van der Waals surface area (Å²) in [7, 11) is 0. The number of halogens is 3. The van der Waals surface area contributed by atoms with Crippen LogP contribution in [0.25, 0.3) is 10.9 Å². The van der Waals surface area contributed by atoms with E-state index >= 15 is 0 Å². The van der Waals surface area contributed by atoms with Crippen LogP contribution >= 0.6 is 0 Å². The SMILES string of the molecule is Cc1ccc2[nH]c3c(c2c1)CCN(C(=O)c1ccc(C(F)(F)F)cc1)CC3. The number of H-pyrrole nitrogens is 1. The van der Waals surface area contributed by atoms with Gasteiger partial charge in [-0.25, -0.2) is 0 Å². The average molecular weight is 372 g/mol. The van der Waals surface area contributed by atoms with Crippen LogP contribution in [0.2, 0.25) is 0 Å². The molecule has 4 rings (SSSR count). The van der Waals surface area contributed by atoms with Crippen LogP contribution < -0.4 is 0 Å². The monoisotopic (exact) mass is 372 g/mol. The van der Waals surface area contributed by atoms with E-state index in [-0.39, 0.29) is 11.5 Å². The number of benzene rings is 2. The first-order valence-corrected chi connectivity index (χ1v) is 8.89. The molecular weight excluding hydrogens is 353 g/mol. The molecule has 2 heterocycles. The number of fused-ring (bicyclic) bond motifs is 3. The van der Waals surface area contributed by atoms with Crippen molar-refractivity contribution < 1.29 is 18.0 Å². The van der Waals surface area contributed by atoms with E-state index in [1.54, 1.807) is 4.90 Å². The normalized spacial score (nSPS) is 14.9. The summed E-state index contributed by atoms with van der Waals surface area (Å²) in [4.78, 5) is 17.9. The Bertz CT molecular complexity index is 1000. The first-order chi connectivity index (χ1) is 12.8. The number of amides is 1. The molecule has 1 amide bonds. The minimum atomic E-state index is -4.40. The van der Waals surface area contributed by atoms with Crippen LogP contribution in [-0.4, -0.2) is 28.9 Å². The van der Waals surface area contributed by atoms with Crippen LogP contribution in [0.15, 0.2) is 42.5 Å². The summed E-state index contributed by atoms with van der Waals surface area (Å²) >= 11 is 0. The molecule has 6 heteroatoms. The molecule has 0 bridgehead atoms. The molecule has 0 saturated carbocycles. The van der Waals surface area contributed by atoms with Gasteiger partial charge in [-0.1, -0.05) is 11.6 Å². The van der Waals surface area contributed by atoms with Gasteiger partial charge < -0.3 is 9.88 Å².